The molecule has 0 spiro atoms. The number of amides is 2. The van der Waals surface area contributed by atoms with E-state index in [2.05, 4.69) is 15.4 Å². The van der Waals surface area contributed by atoms with Crippen LogP contribution in [-0.4, -0.2) is 67.0 Å². The standard InChI is InChI=1S/C24H25F2N5O4/c1-24(2,34)20(26)12-30-11-13-6-18(19(9-16(13)23(30)33)35-15-7-14(25)8-15)29-22(32)17-10-28-31-5-3-4-27-21(17)31/h3-6,9-10,14-15,20,34H,7-8,11-12H2,1-2H3,(H,29,32)/t14-,15+,20-/m1/s1. The van der Waals surface area contributed by atoms with Crippen molar-refractivity contribution in [2.75, 3.05) is 11.9 Å². The number of aliphatic hydroxyl groups is 1. The van der Waals surface area contributed by atoms with Crippen molar-refractivity contribution in [3.8, 4) is 5.75 Å². The summed E-state index contributed by atoms with van der Waals surface area (Å²) in [6, 6.07) is 4.81. The van der Waals surface area contributed by atoms with Crippen molar-refractivity contribution >= 4 is 23.1 Å². The van der Waals surface area contributed by atoms with Crippen molar-refractivity contribution in [2.24, 2.45) is 0 Å². The monoisotopic (exact) mass is 485 g/mol. The van der Waals surface area contributed by atoms with Crippen LogP contribution in [0.25, 0.3) is 5.65 Å². The van der Waals surface area contributed by atoms with Crippen LogP contribution in [0.1, 0.15) is 53.0 Å². The molecule has 0 unspecified atom stereocenters. The number of halogens is 2. The van der Waals surface area contributed by atoms with E-state index >= 15 is 0 Å². The van der Waals surface area contributed by atoms with E-state index in [4.69, 9.17) is 4.74 Å². The molecule has 11 heteroatoms. The van der Waals surface area contributed by atoms with E-state index in [0.717, 1.165) is 0 Å². The van der Waals surface area contributed by atoms with Gasteiger partial charge in [0.15, 0.2) is 5.65 Å². The molecule has 2 aliphatic rings. The van der Waals surface area contributed by atoms with Crippen LogP contribution in [0.15, 0.2) is 36.8 Å². The molecular formula is C24H25F2N5O4. The average Bonchev–Trinajstić information content (AvgIpc) is 3.34. The lowest BCUT2D eigenvalue weighted by molar-refractivity contribution is -0.0159. The Bertz CT molecular complexity index is 1300. The number of benzene rings is 1. The van der Waals surface area contributed by atoms with Crippen LogP contribution < -0.4 is 10.1 Å². The van der Waals surface area contributed by atoms with Crippen molar-refractivity contribution in [3.05, 3.63) is 53.5 Å². The zero-order valence-corrected chi connectivity index (χ0v) is 19.2. The summed E-state index contributed by atoms with van der Waals surface area (Å²) in [7, 11) is 0. The fraction of sp³-hybridized carbons (Fsp3) is 0.417. The predicted octanol–water partition coefficient (Wildman–Crippen LogP) is 2.93. The number of ether oxygens (including phenoxy) is 1. The summed E-state index contributed by atoms with van der Waals surface area (Å²) in [5, 5.41) is 16.9. The molecule has 184 valence electrons. The molecule has 1 fully saturated rings. The highest BCUT2D eigenvalue weighted by molar-refractivity contribution is 6.09. The maximum absolute atomic E-state index is 14.5. The number of anilines is 1. The smallest absolute Gasteiger partial charge is 0.261 e. The number of nitrogens with zero attached hydrogens (tertiary/aromatic N) is 4. The minimum Gasteiger partial charge on any atom is -0.488 e. The zero-order chi connectivity index (χ0) is 24.9. The number of rotatable bonds is 7. The number of nitrogens with one attached hydrogen (secondary N) is 1. The Kier molecular flexibility index (Phi) is 5.66. The minimum absolute atomic E-state index is 0.113. The molecule has 1 saturated carbocycles. The number of carbonyl (C=O) groups excluding carboxylic acids is 2. The van der Waals surface area contributed by atoms with Crippen LogP contribution in [0.2, 0.25) is 0 Å². The Hall–Kier alpha value is -3.60. The Morgan fingerprint density at radius 1 is 1.37 bits per heavy atom. The second-order valence-corrected chi connectivity index (χ2v) is 9.52. The summed E-state index contributed by atoms with van der Waals surface area (Å²) < 4.78 is 35.2. The Balaban J connectivity index is 1.44. The number of fused-ring (bicyclic) bond motifs is 2. The van der Waals surface area contributed by atoms with Gasteiger partial charge in [-0.15, -0.1) is 0 Å². The van der Waals surface area contributed by atoms with Gasteiger partial charge >= 0.3 is 0 Å². The Morgan fingerprint density at radius 3 is 2.86 bits per heavy atom. The topological polar surface area (TPSA) is 109 Å². The molecule has 1 aromatic carbocycles. The molecule has 0 radical (unpaired) electrons. The van der Waals surface area contributed by atoms with E-state index in [1.54, 1.807) is 24.5 Å². The Labute approximate surface area is 199 Å². The molecule has 1 aliphatic heterocycles. The van der Waals surface area contributed by atoms with Gasteiger partial charge in [0.2, 0.25) is 0 Å². The highest BCUT2D eigenvalue weighted by atomic mass is 19.1. The molecule has 0 saturated heterocycles. The molecule has 1 aliphatic carbocycles. The fourth-order valence-electron chi connectivity index (χ4n) is 4.12. The van der Waals surface area contributed by atoms with E-state index in [1.165, 1.54) is 35.5 Å². The summed E-state index contributed by atoms with van der Waals surface area (Å²) in [4.78, 5) is 31.5. The van der Waals surface area contributed by atoms with Crippen LogP contribution >= 0.6 is 0 Å². The van der Waals surface area contributed by atoms with E-state index in [0.29, 0.717) is 22.5 Å². The van der Waals surface area contributed by atoms with Crippen molar-refractivity contribution in [1.82, 2.24) is 19.5 Å². The van der Waals surface area contributed by atoms with Gasteiger partial charge < -0.3 is 20.1 Å². The van der Waals surface area contributed by atoms with Gasteiger partial charge in [-0.3, -0.25) is 9.59 Å². The molecule has 2 aromatic heterocycles. The van der Waals surface area contributed by atoms with Crippen LogP contribution in [0.4, 0.5) is 14.5 Å². The highest BCUT2D eigenvalue weighted by Gasteiger charge is 2.36. The molecule has 3 aromatic rings. The van der Waals surface area contributed by atoms with E-state index in [-0.39, 0.29) is 43.3 Å². The Morgan fingerprint density at radius 2 is 2.14 bits per heavy atom. The number of carbonyl (C=O) groups is 2. The number of alkyl halides is 2. The number of aromatic nitrogens is 3. The van der Waals surface area contributed by atoms with Gasteiger partial charge in [-0.1, -0.05) is 0 Å². The van der Waals surface area contributed by atoms with E-state index in [9.17, 15) is 23.5 Å². The normalized spacial score (nSPS) is 20.5. The first-order chi connectivity index (χ1) is 16.6. The SMILES string of the molecule is CC(C)(O)[C@H](F)CN1Cc2cc(NC(=O)c3cnn4cccnc34)c(O[C@H]3C[C@@H](F)C3)cc2C1=O. The van der Waals surface area contributed by atoms with Gasteiger partial charge in [-0.2, -0.15) is 5.10 Å². The lowest BCUT2D eigenvalue weighted by atomic mass is 9.93. The van der Waals surface area contributed by atoms with Crippen molar-refractivity contribution < 1.29 is 28.2 Å². The van der Waals surface area contributed by atoms with Gasteiger partial charge in [0.05, 0.1) is 24.0 Å². The second-order valence-electron chi connectivity index (χ2n) is 9.52. The average molecular weight is 485 g/mol. The first kappa shape index (κ1) is 23.2. The first-order valence-electron chi connectivity index (χ1n) is 11.3. The van der Waals surface area contributed by atoms with E-state index < -0.39 is 29.8 Å². The van der Waals surface area contributed by atoms with Crippen molar-refractivity contribution in [1.29, 1.82) is 0 Å². The molecule has 35 heavy (non-hydrogen) atoms. The van der Waals surface area contributed by atoms with Crippen molar-refractivity contribution in [2.45, 2.75) is 57.3 Å². The van der Waals surface area contributed by atoms with Crippen LogP contribution in [-0.2, 0) is 6.54 Å². The minimum atomic E-state index is -1.64. The van der Waals surface area contributed by atoms with Crippen LogP contribution in [0.3, 0.4) is 0 Å². The van der Waals surface area contributed by atoms with E-state index in [1.807, 2.05) is 0 Å². The quantitative estimate of drug-likeness (QED) is 0.533. The molecule has 2 amide bonds. The third-order valence-electron chi connectivity index (χ3n) is 6.33. The zero-order valence-electron chi connectivity index (χ0n) is 19.2. The van der Waals surface area contributed by atoms with Crippen molar-refractivity contribution in [3.63, 3.8) is 0 Å². The lowest BCUT2D eigenvalue weighted by Crippen LogP contribution is -2.42. The van der Waals surface area contributed by atoms with Gasteiger partial charge in [0.25, 0.3) is 11.8 Å². The summed E-state index contributed by atoms with van der Waals surface area (Å²) in [5.74, 6) is -0.654. The third-order valence-corrected chi connectivity index (χ3v) is 6.33. The second kappa shape index (κ2) is 8.56. The van der Waals surface area contributed by atoms with Crippen LogP contribution in [0.5, 0.6) is 5.75 Å². The third kappa shape index (κ3) is 4.43. The summed E-state index contributed by atoms with van der Waals surface area (Å²) in [5.41, 5.74) is 0.214. The molecule has 0 bridgehead atoms. The van der Waals surface area contributed by atoms with Gasteiger partial charge in [0, 0.05) is 37.3 Å². The van der Waals surface area contributed by atoms with Gasteiger partial charge in [-0.25, -0.2) is 18.3 Å². The maximum atomic E-state index is 14.5. The molecule has 5 rings (SSSR count). The summed E-state index contributed by atoms with van der Waals surface area (Å²) in [6.45, 7) is 2.52. The number of hydrogen-bond donors (Lipinski definition) is 2. The predicted molar refractivity (Wildman–Crippen MR) is 122 cm³/mol. The van der Waals surface area contributed by atoms with Crippen LogP contribution in [0, 0.1) is 0 Å². The first-order valence-corrected chi connectivity index (χ1v) is 11.3. The summed E-state index contributed by atoms with van der Waals surface area (Å²) >= 11 is 0. The van der Waals surface area contributed by atoms with Gasteiger partial charge in [-0.05, 0) is 37.6 Å². The molecular weight excluding hydrogens is 460 g/mol. The molecule has 1 atom stereocenters. The fourth-order valence-corrected chi connectivity index (χ4v) is 4.12. The summed E-state index contributed by atoms with van der Waals surface area (Å²) in [6.07, 6.45) is 2.08. The lowest BCUT2D eigenvalue weighted by Gasteiger charge is -2.31. The molecule has 9 nitrogen and oxygen atoms in total. The molecule has 3 heterocycles. The number of hydrogen-bond acceptors (Lipinski definition) is 6. The molecule has 2 N–H and O–H groups in total. The highest BCUT2D eigenvalue weighted by Crippen LogP contribution is 2.38. The maximum Gasteiger partial charge on any atom is 0.261 e. The van der Waals surface area contributed by atoms with Gasteiger partial charge in [0.1, 0.15) is 29.8 Å². The largest absolute Gasteiger partial charge is 0.488 e.